The monoisotopic (exact) mass is 442 g/mol. The molecule has 1 fully saturated rings. The fourth-order valence-electron chi connectivity index (χ4n) is 3.28. The van der Waals surface area contributed by atoms with E-state index >= 15 is 0 Å². The standard InChI is InChI=1S/C20H34N4O7/c1-5-11(4)16(19(29)23-15(10(2)3)20(30)31)24-18(28)13(9-14(25)26)22-17(27)12-7-6-8-21-12/h10-13,15-16,21H,5-9H2,1-4H3,(H,22,27)(H,23,29)(H,24,28)(H,25,26)(H,30,31). The second kappa shape index (κ2) is 12.2. The van der Waals surface area contributed by atoms with Gasteiger partial charge in [0, 0.05) is 0 Å². The Balaban J connectivity index is 2.96. The molecular weight excluding hydrogens is 408 g/mol. The number of carbonyl (C=O) groups is 5. The number of nitrogens with one attached hydrogen (secondary N) is 4. The van der Waals surface area contributed by atoms with Crippen molar-refractivity contribution in [1.29, 1.82) is 0 Å². The number of hydrogen-bond acceptors (Lipinski definition) is 6. The Bertz CT molecular complexity index is 676. The maximum atomic E-state index is 12.8. The van der Waals surface area contributed by atoms with E-state index in [1.54, 1.807) is 27.7 Å². The third-order valence-electron chi connectivity index (χ3n) is 5.41. The molecule has 11 nitrogen and oxygen atoms in total. The molecule has 176 valence electrons. The third kappa shape index (κ3) is 8.16. The summed E-state index contributed by atoms with van der Waals surface area (Å²) in [4.78, 5) is 60.6. The molecule has 0 aromatic rings. The van der Waals surface area contributed by atoms with Crippen molar-refractivity contribution in [2.75, 3.05) is 6.54 Å². The van der Waals surface area contributed by atoms with Crippen molar-refractivity contribution < 1.29 is 34.2 Å². The topological polar surface area (TPSA) is 174 Å². The van der Waals surface area contributed by atoms with Gasteiger partial charge in [-0.05, 0) is 31.2 Å². The van der Waals surface area contributed by atoms with Crippen LogP contribution in [0.25, 0.3) is 0 Å². The molecule has 5 atom stereocenters. The fourth-order valence-corrected chi connectivity index (χ4v) is 3.28. The predicted octanol–water partition coefficient (Wildman–Crippen LogP) is -0.546. The van der Waals surface area contributed by atoms with E-state index in [4.69, 9.17) is 5.11 Å². The van der Waals surface area contributed by atoms with Gasteiger partial charge in [0.15, 0.2) is 0 Å². The lowest BCUT2D eigenvalue weighted by Gasteiger charge is -2.28. The van der Waals surface area contributed by atoms with Crippen LogP contribution >= 0.6 is 0 Å². The van der Waals surface area contributed by atoms with Gasteiger partial charge in [-0.25, -0.2) is 4.79 Å². The highest BCUT2D eigenvalue weighted by Crippen LogP contribution is 2.12. The summed E-state index contributed by atoms with van der Waals surface area (Å²) in [6.07, 6.45) is 1.23. The number of carboxylic acids is 2. The predicted molar refractivity (Wildman–Crippen MR) is 111 cm³/mol. The average molecular weight is 443 g/mol. The maximum Gasteiger partial charge on any atom is 0.326 e. The van der Waals surface area contributed by atoms with Gasteiger partial charge < -0.3 is 31.5 Å². The normalized spacial score (nSPS) is 19.7. The van der Waals surface area contributed by atoms with Crippen LogP contribution in [0.2, 0.25) is 0 Å². The van der Waals surface area contributed by atoms with Gasteiger partial charge >= 0.3 is 11.9 Å². The Morgan fingerprint density at radius 2 is 1.58 bits per heavy atom. The average Bonchev–Trinajstić information content (AvgIpc) is 3.22. The van der Waals surface area contributed by atoms with E-state index in [0.29, 0.717) is 19.4 Å². The van der Waals surface area contributed by atoms with Crippen molar-refractivity contribution in [2.45, 2.75) is 77.5 Å². The summed E-state index contributed by atoms with van der Waals surface area (Å²) in [6, 6.07) is -4.10. The zero-order valence-electron chi connectivity index (χ0n) is 18.4. The summed E-state index contributed by atoms with van der Waals surface area (Å²) < 4.78 is 0. The largest absolute Gasteiger partial charge is 0.481 e. The van der Waals surface area contributed by atoms with Crippen LogP contribution in [0.4, 0.5) is 0 Å². The first-order valence-corrected chi connectivity index (χ1v) is 10.6. The van der Waals surface area contributed by atoms with Gasteiger partial charge in [0.25, 0.3) is 0 Å². The molecule has 0 spiro atoms. The first-order chi connectivity index (χ1) is 14.5. The Labute approximate surface area is 181 Å². The quantitative estimate of drug-likeness (QED) is 0.233. The molecule has 0 saturated carbocycles. The van der Waals surface area contributed by atoms with E-state index in [-0.39, 0.29) is 11.8 Å². The van der Waals surface area contributed by atoms with E-state index < -0.39 is 60.2 Å². The van der Waals surface area contributed by atoms with Crippen molar-refractivity contribution in [3.05, 3.63) is 0 Å². The number of aliphatic carboxylic acids is 2. The zero-order valence-corrected chi connectivity index (χ0v) is 18.4. The van der Waals surface area contributed by atoms with Crippen LogP contribution in [0.15, 0.2) is 0 Å². The lowest BCUT2D eigenvalue weighted by molar-refractivity contribution is -0.144. The van der Waals surface area contributed by atoms with Crippen LogP contribution in [0.1, 0.15) is 53.4 Å². The minimum absolute atomic E-state index is 0.358. The fraction of sp³-hybridized carbons (Fsp3) is 0.750. The van der Waals surface area contributed by atoms with Crippen LogP contribution in [-0.2, 0) is 24.0 Å². The van der Waals surface area contributed by atoms with Gasteiger partial charge in [-0.3, -0.25) is 19.2 Å². The van der Waals surface area contributed by atoms with Crippen molar-refractivity contribution in [3.63, 3.8) is 0 Å². The molecule has 0 radical (unpaired) electrons. The highest BCUT2D eigenvalue weighted by atomic mass is 16.4. The summed E-state index contributed by atoms with van der Waals surface area (Å²) in [5.41, 5.74) is 0. The third-order valence-corrected chi connectivity index (χ3v) is 5.41. The van der Waals surface area contributed by atoms with Gasteiger partial charge in [-0.15, -0.1) is 0 Å². The van der Waals surface area contributed by atoms with E-state index in [9.17, 15) is 29.1 Å². The minimum atomic E-state index is -1.37. The summed E-state index contributed by atoms with van der Waals surface area (Å²) >= 11 is 0. The number of hydrogen-bond donors (Lipinski definition) is 6. The summed E-state index contributed by atoms with van der Waals surface area (Å²) in [7, 11) is 0. The Morgan fingerprint density at radius 3 is 2.03 bits per heavy atom. The molecule has 3 amide bonds. The van der Waals surface area contributed by atoms with Crippen molar-refractivity contribution >= 4 is 29.7 Å². The molecular formula is C20H34N4O7. The van der Waals surface area contributed by atoms with E-state index in [1.165, 1.54) is 0 Å². The first-order valence-electron chi connectivity index (χ1n) is 10.6. The molecule has 11 heteroatoms. The minimum Gasteiger partial charge on any atom is -0.481 e. The van der Waals surface area contributed by atoms with E-state index in [0.717, 1.165) is 6.42 Å². The van der Waals surface area contributed by atoms with Crippen molar-refractivity contribution in [1.82, 2.24) is 21.3 Å². The molecule has 5 unspecified atom stereocenters. The SMILES string of the molecule is CCC(C)C(NC(=O)C(CC(=O)O)NC(=O)C1CCCN1)C(=O)NC(C(=O)O)C(C)C. The molecule has 1 rings (SSSR count). The Hall–Kier alpha value is -2.69. The second-order valence-electron chi connectivity index (χ2n) is 8.25. The van der Waals surface area contributed by atoms with Crippen LogP contribution in [0.5, 0.6) is 0 Å². The van der Waals surface area contributed by atoms with E-state index in [1.807, 2.05) is 0 Å². The van der Waals surface area contributed by atoms with Crippen molar-refractivity contribution in [2.24, 2.45) is 11.8 Å². The Morgan fingerprint density at radius 1 is 0.968 bits per heavy atom. The molecule has 0 aromatic heterocycles. The molecule has 1 aliphatic rings. The molecule has 0 bridgehead atoms. The van der Waals surface area contributed by atoms with Gasteiger partial charge in [0.2, 0.25) is 17.7 Å². The molecule has 0 aromatic carbocycles. The van der Waals surface area contributed by atoms with Crippen LogP contribution < -0.4 is 21.3 Å². The van der Waals surface area contributed by atoms with Gasteiger partial charge in [0.05, 0.1) is 12.5 Å². The van der Waals surface area contributed by atoms with Gasteiger partial charge in [-0.2, -0.15) is 0 Å². The number of amides is 3. The Kier molecular flexibility index (Phi) is 10.4. The lowest BCUT2D eigenvalue weighted by atomic mass is 9.96. The summed E-state index contributed by atoms with van der Waals surface area (Å²) in [6.45, 7) is 7.46. The number of carbonyl (C=O) groups excluding carboxylic acids is 3. The number of rotatable bonds is 12. The highest BCUT2D eigenvalue weighted by Gasteiger charge is 2.34. The molecule has 1 heterocycles. The number of carboxylic acid groups (broad SMARTS) is 2. The smallest absolute Gasteiger partial charge is 0.326 e. The lowest BCUT2D eigenvalue weighted by Crippen LogP contribution is -2.59. The zero-order chi connectivity index (χ0) is 23.7. The molecule has 1 aliphatic heterocycles. The molecule has 0 aliphatic carbocycles. The molecule has 1 saturated heterocycles. The first kappa shape index (κ1) is 26.3. The van der Waals surface area contributed by atoms with Crippen LogP contribution in [0.3, 0.4) is 0 Å². The molecule has 31 heavy (non-hydrogen) atoms. The highest BCUT2D eigenvalue weighted by molar-refractivity contribution is 5.95. The van der Waals surface area contributed by atoms with Crippen LogP contribution in [-0.4, -0.2) is 70.6 Å². The van der Waals surface area contributed by atoms with Crippen molar-refractivity contribution in [3.8, 4) is 0 Å². The summed E-state index contributed by atoms with van der Waals surface area (Å²) in [5, 5.41) is 28.8. The van der Waals surface area contributed by atoms with Gasteiger partial charge in [-0.1, -0.05) is 34.1 Å². The molecule has 6 N–H and O–H groups in total. The van der Waals surface area contributed by atoms with E-state index in [2.05, 4.69) is 21.3 Å². The van der Waals surface area contributed by atoms with Crippen LogP contribution in [0, 0.1) is 11.8 Å². The maximum absolute atomic E-state index is 12.8. The second-order valence-corrected chi connectivity index (χ2v) is 8.25. The summed E-state index contributed by atoms with van der Waals surface area (Å²) in [5.74, 6) is -5.19. The van der Waals surface area contributed by atoms with Gasteiger partial charge in [0.1, 0.15) is 18.1 Å².